The van der Waals surface area contributed by atoms with Crippen LogP contribution in [0.15, 0.2) is 12.2 Å². The highest BCUT2D eigenvalue weighted by atomic mass is 19.1. The molecule has 1 aliphatic carbocycles. The first-order valence-corrected chi connectivity index (χ1v) is 4.08. The van der Waals surface area contributed by atoms with Crippen LogP contribution in [0.25, 0.3) is 0 Å². The molecule has 0 heterocycles. The highest BCUT2D eigenvalue weighted by molar-refractivity contribution is 5.24. The molecule has 0 aromatic carbocycles. The van der Waals surface area contributed by atoms with Crippen LogP contribution in [0.2, 0.25) is 0 Å². The van der Waals surface area contributed by atoms with Crippen LogP contribution in [0.5, 0.6) is 0 Å². The molecular weight excluding hydrogens is 143 g/mol. The van der Waals surface area contributed by atoms with E-state index < -0.39 is 11.8 Å². The van der Waals surface area contributed by atoms with Crippen molar-refractivity contribution < 1.29 is 9.50 Å². The first kappa shape index (κ1) is 8.72. The van der Waals surface area contributed by atoms with E-state index >= 15 is 0 Å². The third-order valence-electron chi connectivity index (χ3n) is 2.81. The second kappa shape index (κ2) is 2.59. The number of aliphatic hydroxyl groups is 1. The summed E-state index contributed by atoms with van der Waals surface area (Å²) in [7, 11) is 0. The topological polar surface area (TPSA) is 20.2 Å². The normalized spacial score (nSPS) is 44.9. The molecule has 0 amide bonds. The molecule has 1 N–H and O–H groups in total. The highest BCUT2D eigenvalue weighted by Crippen LogP contribution is 2.44. The summed E-state index contributed by atoms with van der Waals surface area (Å²) in [6, 6.07) is 0. The summed E-state index contributed by atoms with van der Waals surface area (Å²) in [5, 5.41) is 9.30. The van der Waals surface area contributed by atoms with Crippen LogP contribution in [0.3, 0.4) is 0 Å². The van der Waals surface area contributed by atoms with Crippen LogP contribution >= 0.6 is 0 Å². The van der Waals surface area contributed by atoms with Crippen molar-refractivity contribution in [3.63, 3.8) is 0 Å². The molecule has 3 atom stereocenters. The van der Waals surface area contributed by atoms with E-state index in [1.165, 1.54) is 0 Å². The molecule has 0 radical (unpaired) electrons. The number of alkyl halides is 1. The van der Waals surface area contributed by atoms with E-state index in [9.17, 15) is 9.50 Å². The van der Waals surface area contributed by atoms with Gasteiger partial charge in [0.05, 0.1) is 6.10 Å². The van der Waals surface area contributed by atoms with Gasteiger partial charge in [0.25, 0.3) is 0 Å². The van der Waals surface area contributed by atoms with Gasteiger partial charge < -0.3 is 5.11 Å². The molecule has 0 aromatic rings. The molecule has 0 saturated heterocycles. The minimum atomic E-state index is -1.32. The third kappa shape index (κ3) is 1.09. The van der Waals surface area contributed by atoms with Gasteiger partial charge in [-0.2, -0.15) is 0 Å². The minimum absolute atomic E-state index is 0.0880. The van der Waals surface area contributed by atoms with Gasteiger partial charge in [0.2, 0.25) is 0 Å². The van der Waals surface area contributed by atoms with Crippen molar-refractivity contribution in [3.8, 4) is 0 Å². The Bertz CT molecular complexity index is 178. The maximum Gasteiger partial charge on any atom is 0.136 e. The number of aliphatic hydroxyl groups excluding tert-OH is 1. The Morgan fingerprint density at radius 2 is 2.36 bits per heavy atom. The van der Waals surface area contributed by atoms with Crippen molar-refractivity contribution >= 4 is 0 Å². The van der Waals surface area contributed by atoms with Crippen molar-refractivity contribution in [1.82, 2.24) is 0 Å². The first-order valence-electron chi connectivity index (χ1n) is 4.08. The molecule has 64 valence electrons. The predicted octanol–water partition coefficient (Wildman–Crippen LogP) is 2.06. The molecule has 0 spiro atoms. The van der Waals surface area contributed by atoms with Crippen LogP contribution in [0, 0.1) is 5.92 Å². The molecule has 0 aromatic heterocycles. The van der Waals surface area contributed by atoms with Gasteiger partial charge in [-0.05, 0) is 24.3 Å². The first-order chi connectivity index (χ1) is 5.02. The Morgan fingerprint density at radius 1 is 1.82 bits per heavy atom. The number of hydrogen-bond donors (Lipinski definition) is 1. The molecule has 1 aliphatic rings. The zero-order chi connectivity index (χ0) is 8.65. The predicted molar refractivity (Wildman–Crippen MR) is 43.1 cm³/mol. The maximum atomic E-state index is 13.8. The Balaban J connectivity index is 2.87. The zero-order valence-electron chi connectivity index (χ0n) is 7.10. The molecular formula is C9H15FO. The molecule has 0 bridgehead atoms. The molecule has 1 nitrogen and oxygen atoms in total. The van der Waals surface area contributed by atoms with E-state index in [2.05, 4.69) is 6.58 Å². The lowest BCUT2D eigenvalue weighted by atomic mass is 9.89. The Kier molecular flexibility index (Phi) is 2.06. The molecule has 11 heavy (non-hydrogen) atoms. The summed E-state index contributed by atoms with van der Waals surface area (Å²) in [5.74, 6) is -0.0880. The standard InChI is InChI=1S/C9H15FO/c1-4-9(10)6(2)5-8(11)7(9)3/h6,8,11H,3-5H2,1-2H3/t6-,8?,9+/m0/s1. The molecule has 1 unspecified atom stereocenters. The average molecular weight is 158 g/mol. The van der Waals surface area contributed by atoms with Crippen molar-refractivity contribution in [1.29, 1.82) is 0 Å². The number of rotatable bonds is 1. The highest BCUT2D eigenvalue weighted by Gasteiger charge is 2.46. The summed E-state index contributed by atoms with van der Waals surface area (Å²) < 4.78 is 13.8. The molecule has 2 heteroatoms. The van der Waals surface area contributed by atoms with Crippen molar-refractivity contribution in [2.75, 3.05) is 0 Å². The van der Waals surface area contributed by atoms with Crippen LogP contribution in [0.1, 0.15) is 26.7 Å². The second-order valence-electron chi connectivity index (χ2n) is 3.39. The maximum absolute atomic E-state index is 13.8. The lowest BCUT2D eigenvalue weighted by Gasteiger charge is -2.23. The fraction of sp³-hybridized carbons (Fsp3) is 0.778. The van der Waals surface area contributed by atoms with E-state index in [-0.39, 0.29) is 5.92 Å². The Labute approximate surface area is 66.9 Å². The zero-order valence-corrected chi connectivity index (χ0v) is 7.10. The Morgan fingerprint density at radius 3 is 2.55 bits per heavy atom. The molecule has 1 rings (SSSR count). The third-order valence-corrected chi connectivity index (χ3v) is 2.81. The van der Waals surface area contributed by atoms with Gasteiger partial charge in [-0.25, -0.2) is 4.39 Å². The van der Waals surface area contributed by atoms with E-state index in [4.69, 9.17) is 0 Å². The second-order valence-corrected chi connectivity index (χ2v) is 3.39. The summed E-state index contributed by atoms with van der Waals surface area (Å²) >= 11 is 0. The summed E-state index contributed by atoms with van der Waals surface area (Å²) in [6.45, 7) is 7.20. The van der Waals surface area contributed by atoms with Crippen molar-refractivity contribution in [2.24, 2.45) is 5.92 Å². The van der Waals surface area contributed by atoms with Crippen molar-refractivity contribution in [2.45, 2.75) is 38.5 Å². The van der Waals surface area contributed by atoms with Gasteiger partial charge in [-0.3, -0.25) is 0 Å². The lowest BCUT2D eigenvalue weighted by molar-refractivity contribution is 0.154. The fourth-order valence-electron chi connectivity index (χ4n) is 1.83. The van der Waals surface area contributed by atoms with Gasteiger partial charge in [0.1, 0.15) is 5.67 Å². The van der Waals surface area contributed by atoms with Gasteiger partial charge >= 0.3 is 0 Å². The van der Waals surface area contributed by atoms with Gasteiger partial charge in [-0.1, -0.05) is 20.4 Å². The minimum Gasteiger partial charge on any atom is -0.389 e. The number of halogens is 1. The van der Waals surface area contributed by atoms with E-state index in [1.54, 1.807) is 6.92 Å². The largest absolute Gasteiger partial charge is 0.389 e. The van der Waals surface area contributed by atoms with Crippen molar-refractivity contribution in [3.05, 3.63) is 12.2 Å². The van der Waals surface area contributed by atoms with Crippen LogP contribution in [-0.2, 0) is 0 Å². The van der Waals surface area contributed by atoms with Crippen LogP contribution in [0.4, 0.5) is 4.39 Å². The van der Waals surface area contributed by atoms with E-state index in [0.717, 1.165) is 0 Å². The average Bonchev–Trinajstić information content (AvgIpc) is 2.16. The van der Waals surface area contributed by atoms with Gasteiger partial charge in [0, 0.05) is 0 Å². The van der Waals surface area contributed by atoms with E-state index in [0.29, 0.717) is 18.4 Å². The molecule has 1 fully saturated rings. The van der Waals surface area contributed by atoms with E-state index in [1.807, 2.05) is 6.92 Å². The quantitative estimate of drug-likeness (QED) is 0.579. The smallest absolute Gasteiger partial charge is 0.136 e. The fourth-order valence-corrected chi connectivity index (χ4v) is 1.83. The summed E-state index contributed by atoms with van der Waals surface area (Å²) in [6.07, 6.45) is 0.308. The monoisotopic (exact) mass is 158 g/mol. The van der Waals surface area contributed by atoms with Crippen LogP contribution < -0.4 is 0 Å². The van der Waals surface area contributed by atoms with Gasteiger partial charge in [0.15, 0.2) is 0 Å². The van der Waals surface area contributed by atoms with Crippen LogP contribution in [-0.4, -0.2) is 16.9 Å². The summed E-state index contributed by atoms with van der Waals surface area (Å²) in [5.41, 5.74) is -0.952. The number of hydrogen-bond acceptors (Lipinski definition) is 1. The molecule has 0 aliphatic heterocycles. The Hall–Kier alpha value is -0.370. The SMILES string of the molecule is C=C1C(O)C[C@H](C)[C@]1(F)CC. The molecule has 1 saturated carbocycles. The summed E-state index contributed by atoms with van der Waals surface area (Å²) in [4.78, 5) is 0. The lowest BCUT2D eigenvalue weighted by Crippen LogP contribution is -2.27. The van der Waals surface area contributed by atoms with Gasteiger partial charge in [-0.15, -0.1) is 0 Å².